The molecule has 1 unspecified atom stereocenters. The average molecular weight is 447 g/mol. The molecule has 3 aromatic heterocycles. The van der Waals surface area contributed by atoms with Crippen LogP contribution < -0.4 is 0 Å². The van der Waals surface area contributed by atoms with Gasteiger partial charge in [0.05, 0.1) is 4.88 Å². The minimum Gasteiger partial charge on any atom is -0.358 e. The SMILES string of the molecule is Clc1nc(I)nc2c1nc(-c1cccs1)n2C1CCCCO1. The van der Waals surface area contributed by atoms with E-state index < -0.39 is 0 Å². The van der Waals surface area contributed by atoms with Crippen molar-refractivity contribution in [3.8, 4) is 10.7 Å². The summed E-state index contributed by atoms with van der Waals surface area (Å²) in [5.74, 6) is 0.857. The molecular formula is C14H12ClIN4OS. The molecule has 3 aromatic rings. The number of hydrogen-bond acceptors (Lipinski definition) is 5. The summed E-state index contributed by atoms with van der Waals surface area (Å²) in [5.41, 5.74) is 1.39. The van der Waals surface area contributed by atoms with E-state index in [0.717, 1.165) is 42.2 Å². The van der Waals surface area contributed by atoms with Gasteiger partial charge in [-0.15, -0.1) is 11.3 Å². The first kappa shape index (κ1) is 14.8. The van der Waals surface area contributed by atoms with E-state index in [1.54, 1.807) is 11.3 Å². The number of imidazole rings is 1. The van der Waals surface area contributed by atoms with Gasteiger partial charge in [-0.05, 0) is 30.7 Å². The van der Waals surface area contributed by atoms with E-state index in [1.807, 2.05) is 11.4 Å². The second-order valence-electron chi connectivity index (χ2n) is 5.06. The van der Waals surface area contributed by atoms with E-state index in [2.05, 4.69) is 43.2 Å². The third-order valence-corrected chi connectivity index (χ3v) is 5.27. The highest BCUT2D eigenvalue weighted by molar-refractivity contribution is 14.1. The van der Waals surface area contributed by atoms with Gasteiger partial charge in [0.1, 0.15) is 11.7 Å². The summed E-state index contributed by atoms with van der Waals surface area (Å²) in [7, 11) is 0. The summed E-state index contributed by atoms with van der Waals surface area (Å²) in [6.45, 7) is 0.768. The lowest BCUT2D eigenvalue weighted by Crippen LogP contribution is -2.19. The van der Waals surface area contributed by atoms with Gasteiger partial charge in [-0.1, -0.05) is 17.7 Å². The smallest absolute Gasteiger partial charge is 0.194 e. The molecule has 114 valence electrons. The molecule has 0 aliphatic carbocycles. The van der Waals surface area contributed by atoms with Gasteiger partial charge in [-0.2, -0.15) is 0 Å². The van der Waals surface area contributed by atoms with Crippen molar-refractivity contribution >= 4 is 56.7 Å². The van der Waals surface area contributed by atoms with E-state index in [1.165, 1.54) is 0 Å². The van der Waals surface area contributed by atoms with Gasteiger partial charge in [0.2, 0.25) is 0 Å². The van der Waals surface area contributed by atoms with Crippen LogP contribution in [0.1, 0.15) is 25.5 Å². The third kappa shape index (κ3) is 2.53. The first-order valence-electron chi connectivity index (χ1n) is 7.00. The zero-order valence-corrected chi connectivity index (χ0v) is 15.2. The first-order chi connectivity index (χ1) is 10.7. The quantitative estimate of drug-likeness (QED) is 0.330. The van der Waals surface area contributed by atoms with Gasteiger partial charge in [-0.3, -0.25) is 4.57 Å². The van der Waals surface area contributed by atoms with Gasteiger partial charge < -0.3 is 4.74 Å². The molecule has 0 spiro atoms. The Hall–Kier alpha value is -0.770. The minimum atomic E-state index is -0.0439. The molecule has 0 saturated carbocycles. The van der Waals surface area contributed by atoms with Gasteiger partial charge in [0.15, 0.2) is 20.5 Å². The maximum absolute atomic E-state index is 6.28. The van der Waals surface area contributed by atoms with Crippen molar-refractivity contribution in [1.82, 2.24) is 19.5 Å². The fraction of sp³-hybridized carbons (Fsp3) is 0.357. The number of nitrogens with zero attached hydrogens (tertiary/aromatic N) is 4. The molecule has 4 rings (SSSR count). The van der Waals surface area contributed by atoms with Crippen molar-refractivity contribution in [3.05, 3.63) is 26.5 Å². The molecule has 1 aliphatic heterocycles. The van der Waals surface area contributed by atoms with Crippen molar-refractivity contribution in [2.75, 3.05) is 6.61 Å². The lowest BCUT2D eigenvalue weighted by atomic mass is 10.2. The first-order valence-corrected chi connectivity index (χ1v) is 9.34. The average Bonchev–Trinajstić information content (AvgIpc) is 3.14. The van der Waals surface area contributed by atoms with Crippen molar-refractivity contribution < 1.29 is 4.74 Å². The Kier molecular flexibility index (Phi) is 4.05. The van der Waals surface area contributed by atoms with Gasteiger partial charge in [0, 0.05) is 29.2 Å². The number of halogens is 2. The summed E-state index contributed by atoms with van der Waals surface area (Å²) in [4.78, 5) is 14.6. The molecule has 22 heavy (non-hydrogen) atoms. The highest BCUT2D eigenvalue weighted by Gasteiger charge is 2.25. The predicted octanol–water partition coefficient (Wildman–Crippen LogP) is 4.51. The van der Waals surface area contributed by atoms with E-state index >= 15 is 0 Å². The molecule has 0 N–H and O–H groups in total. The van der Waals surface area contributed by atoms with Crippen LogP contribution >= 0.6 is 45.5 Å². The van der Waals surface area contributed by atoms with Crippen LogP contribution in [0.2, 0.25) is 5.15 Å². The second-order valence-corrected chi connectivity index (χ2v) is 7.33. The third-order valence-electron chi connectivity index (χ3n) is 3.66. The maximum Gasteiger partial charge on any atom is 0.194 e. The highest BCUT2D eigenvalue weighted by atomic mass is 127. The number of fused-ring (bicyclic) bond motifs is 1. The number of rotatable bonds is 2. The van der Waals surface area contributed by atoms with Gasteiger partial charge >= 0.3 is 0 Å². The Bertz CT molecular complexity index is 814. The molecule has 1 fully saturated rings. The van der Waals surface area contributed by atoms with Crippen LogP contribution in [0.15, 0.2) is 17.5 Å². The normalized spacial score (nSPS) is 18.9. The molecule has 5 nitrogen and oxygen atoms in total. The molecule has 1 saturated heterocycles. The van der Waals surface area contributed by atoms with Crippen LogP contribution in [-0.2, 0) is 4.74 Å². The lowest BCUT2D eigenvalue weighted by molar-refractivity contribution is -0.0287. The Labute approximate surface area is 149 Å². The molecule has 1 atom stereocenters. The summed E-state index contributed by atoms with van der Waals surface area (Å²) in [6, 6.07) is 4.07. The maximum atomic E-state index is 6.28. The molecule has 0 amide bonds. The predicted molar refractivity (Wildman–Crippen MR) is 95.2 cm³/mol. The van der Waals surface area contributed by atoms with Crippen LogP contribution in [0.5, 0.6) is 0 Å². The van der Waals surface area contributed by atoms with E-state index in [-0.39, 0.29) is 6.23 Å². The number of aromatic nitrogens is 4. The largest absolute Gasteiger partial charge is 0.358 e. The fourth-order valence-electron chi connectivity index (χ4n) is 2.70. The van der Waals surface area contributed by atoms with Crippen molar-refractivity contribution in [2.24, 2.45) is 0 Å². The second kappa shape index (κ2) is 6.03. The van der Waals surface area contributed by atoms with Crippen LogP contribution in [0.25, 0.3) is 21.9 Å². The van der Waals surface area contributed by atoms with Crippen molar-refractivity contribution in [3.63, 3.8) is 0 Å². The minimum absolute atomic E-state index is 0.0439. The molecule has 8 heteroatoms. The van der Waals surface area contributed by atoms with E-state index in [0.29, 0.717) is 14.5 Å². The number of hydrogen-bond donors (Lipinski definition) is 0. The van der Waals surface area contributed by atoms with E-state index in [4.69, 9.17) is 21.3 Å². The Morgan fingerprint density at radius 2 is 2.23 bits per heavy atom. The molecule has 1 aliphatic rings. The summed E-state index contributed by atoms with van der Waals surface area (Å²) in [5, 5.41) is 2.43. The Morgan fingerprint density at radius 3 is 2.95 bits per heavy atom. The molecule has 0 radical (unpaired) electrons. The lowest BCUT2D eigenvalue weighted by Gasteiger charge is -2.25. The fourth-order valence-corrected chi connectivity index (χ4v) is 4.22. The zero-order valence-electron chi connectivity index (χ0n) is 11.5. The topological polar surface area (TPSA) is 52.8 Å². The van der Waals surface area contributed by atoms with Crippen LogP contribution in [0, 0.1) is 3.83 Å². The van der Waals surface area contributed by atoms with Crippen LogP contribution in [0.3, 0.4) is 0 Å². The standard InChI is InChI=1S/C14H12ClIN4OS/c15-11-10-13(19-14(16)18-11)20(9-5-1-2-6-21-9)12(17-10)8-4-3-7-22-8/h3-4,7,9H,1-2,5-6H2. The van der Waals surface area contributed by atoms with Gasteiger partial charge in [0.25, 0.3) is 0 Å². The number of thiophene rings is 1. The molecular weight excluding hydrogens is 435 g/mol. The Balaban J connectivity index is 1.98. The molecule has 0 bridgehead atoms. The molecule has 0 aromatic carbocycles. The van der Waals surface area contributed by atoms with Crippen molar-refractivity contribution in [2.45, 2.75) is 25.5 Å². The summed E-state index contributed by atoms with van der Waals surface area (Å²) < 4.78 is 8.67. The summed E-state index contributed by atoms with van der Waals surface area (Å²) >= 11 is 10.0. The molecule has 4 heterocycles. The number of ether oxygens (including phenoxy) is 1. The summed E-state index contributed by atoms with van der Waals surface area (Å²) in [6.07, 6.45) is 3.16. The van der Waals surface area contributed by atoms with E-state index in [9.17, 15) is 0 Å². The monoisotopic (exact) mass is 446 g/mol. The Morgan fingerprint density at radius 1 is 1.32 bits per heavy atom. The highest BCUT2D eigenvalue weighted by Crippen LogP contribution is 2.35. The van der Waals surface area contributed by atoms with Gasteiger partial charge in [-0.25, -0.2) is 15.0 Å². The van der Waals surface area contributed by atoms with Crippen LogP contribution in [-0.4, -0.2) is 26.1 Å². The zero-order chi connectivity index (χ0) is 15.1. The van der Waals surface area contributed by atoms with Crippen LogP contribution in [0.4, 0.5) is 0 Å². The van der Waals surface area contributed by atoms with Crippen molar-refractivity contribution in [1.29, 1.82) is 0 Å².